The average molecular weight is 216 g/mol. The number of amides is 2. The van der Waals surface area contributed by atoms with Gasteiger partial charge in [-0.3, -0.25) is 0 Å². The van der Waals surface area contributed by atoms with Crippen molar-refractivity contribution in [3.63, 3.8) is 0 Å². The molecule has 0 aromatic rings. The summed E-state index contributed by atoms with van der Waals surface area (Å²) in [5, 5.41) is 6.07. The molecule has 0 heterocycles. The van der Waals surface area contributed by atoms with Crippen LogP contribution in [0.4, 0.5) is 9.59 Å². The van der Waals surface area contributed by atoms with Crippen molar-refractivity contribution in [1.29, 1.82) is 0 Å². The van der Waals surface area contributed by atoms with Gasteiger partial charge < -0.3 is 9.47 Å². The molecule has 0 saturated heterocycles. The molecule has 0 radical (unpaired) electrons. The number of nitrogens with zero attached hydrogens (tertiary/aromatic N) is 2. The number of ether oxygens (including phenoxy) is 2. The number of azo groups is 1. The molecule has 0 aromatic heterocycles. The molecule has 6 heteroatoms. The fourth-order valence-electron chi connectivity index (χ4n) is 0.567. The molecule has 0 unspecified atom stereocenters. The van der Waals surface area contributed by atoms with Crippen LogP contribution in [-0.2, 0) is 9.47 Å². The Bertz CT molecular complexity index is 238. The monoisotopic (exact) mass is 216 g/mol. The second-order valence-electron chi connectivity index (χ2n) is 3.29. The fraction of sp³-hybridized carbons (Fsp3) is 0.778. The maximum absolute atomic E-state index is 10.8. The predicted molar refractivity (Wildman–Crippen MR) is 52.7 cm³/mol. The summed E-state index contributed by atoms with van der Waals surface area (Å²) in [6, 6.07) is 0. The molecular weight excluding hydrogens is 200 g/mol. The molecule has 0 aliphatic carbocycles. The van der Waals surface area contributed by atoms with Crippen LogP contribution >= 0.6 is 0 Å². The standard InChI is InChI=1S/C9H16N2O4/c1-4-5-14-8(12)10-11-9(13)15-6-7(2)3/h7H,4-6H2,1-3H3/b11-10+. The molecular formula is C9H16N2O4. The molecule has 0 aromatic carbocycles. The Morgan fingerprint density at radius 2 is 1.67 bits per heavy atom. The number of carbonyl (C=O) groups is 2. The third-order valence-corrected chi connectivity index (χ3v) is 1.18. The summed E-state index contributed by atoms with van der Waals surface area (Å²) in [5.74, 6) is 0.219. The zero-order valence-electron chi connectivity index (χ0n) is 9.23. The van der Waals surface area contributed by atoms with Crippen LogP contribution in [0, 0.1) is 5.92 Å². The summed E-state index contributed by atoms with van der Waals surface area (Å²) >= 11 is 0. The first-order chi connectivity index (χ1) is 7.06. The van der Waals surface area contributed by atoms with Crippen LogP contribution in [0.2, 0.25) is 0 Å². The van der Waals surface area contributed by atoms with E-state index in [1.807, 2.05) is 20.8 Å². The van der Waals surface area contributed by atoms with Gasteiger partial charge in [0.05, 0.1) is 13.2 Å². The van der Waals surface area contributed by atoms with Gasteiger partial charge in [-0.15, -0.1) is 0 Å². The highest BCUT2D eigenvalue weighted by Crippen LogP contribution is 1.96. The topological polar surface area (TPSA) is 77.3 Å². The van der Waals surface area contributed by atoms with Crippen LogP contribution < -0.4 is 0 Å². The lowest BCUT2D eigenvalue weighted by atomic mass is 10.2. The van der Waals surface area contributed by atoms with Gasteiger partial charge in [-0.25, -0.2) is 9.59 Å². The molecule has 0 aliphatic heterocycles. The molecule has 2 amide bonds. The van der Waals surface area contributed by atoms with Crippen molar-refractivity contribution in [1.82, 2.24) is 0 Å². The van der Waals surface area contributed by atoms with Crippen LogP contribution in [0.5, 0.6) is 0 Å². The van der Waals surface area contributed by atoms with E-state index < -0.39 is 12.2 Å². The van der Waals surface area contributed by atoms with E-state index in [9.17, 15) is 9.59 Å². The van der Waals surface area contributed by atoms with Gasteiger partial charge in [-0.1, -0.05) is 31.0 Å². The quantitative estimate of drug-likeness (QED) is 0.677. The Kier molecular flexibility index (Phi) is 7.13. The van der Waals surface area contributed by atoms with Crippen LogP contribution in [0.3, 0.4) is 0 Å². The van der Waals surface area contributed by atoms with Gasteiger partial charge in [0.2, 0.25) is 0 Å². The number of carbonyl (C=O) groups excluding carboxylic acids is 2. The van der Waals surface area contributed by atoms with Crippen molar-refractivity contribution in [2.45, 2.75) is 27.2 Å². The highest BCUT2D eigenvalue weighted by Gasteiger charge is 2.04. The first-order valence-corrected chi connectivity index (χ1v) is 4.81. The smallest absolute Gasteiger partial charge is 0.447 e. The summed E-state index contributed by atoms with van der Waals surface area (Å²) in [4.78, 5) is 21.6. The van der Waals surface area contributed by atoms with E-state index in [1.165, 1.54) is 0 Å². The Labute approximate surface area is 88.7 Å². The molecule has 0 spiro atoms. The molecule has 0 rings (SSSR count). The van der Waals surface area contributed by atoms with Gasteiger partial charge >= 0.3 is 12.2 Å². The van der Waals surface area contributed by atoms with Crippen molar-refractivity contribution in [2.24, 2.45) is 16.1 Å². The second kappa shape index (κ2) is 7.90. The Hall–Kier alpha value is -1.46. The van der Waals surface area contributed by atoms with E-state index in [0.717, 1.165) is 0 Å². The first kappa shape index (κ1) is 13.5. The maximum Gasteiger partial charge on any atom is 0.452 e. The van der Waals surface area contributed by atoms with Gasteiger partial charge in [0.25, 0.3) is 0 Å². The van der Waals surface area contributed by atoms with E-state index in [0.29, 0.717) is 6.42 Å². The summed E-state index contributed by atoms with van der Waals surface area (Å²) < 4.78 is 9.21. The van der Waals surface area contributed by atoms with Crippen molar-refractivity contribution < 1.29 is 19.1 Å². The number of rotatable bonds is 4. The van der Waals surface area contributed by atoms with E-state index >= 15 is 0 Å². The molecule has 0 fully saturated rings. The predicted octanol–water partition coefficient (Wildman–Crippen LogP) is 2.78. The highest BCUT2D eigenvalue weighted by molar-refractivity contribution is 5.73. The normalized spacial score (nSPS) is 10.7. The minimum Gasteiger partial charge on any atom is -0.447 e. The van der Waals surface area contributed by atoms with E-state index in [4.69, 9.17) is 0 Å². The van der Waals surface area contributed by atoms with E-state index in [1.54, 1.807) is 0 Å². The molecule has 0 atom stereocenters. The summed E-state index contributed by atoms with van der Waals surface area (Å²) in [6.45, 7) is 6.14. The van der Waals surface area contributed by atoms with Crippen molar-refractivity contribution in [2.75, 3.05) is 13.2 Å². The van der Waals surface area contributed by atoms with Gasteiger partial charge in [-0.2, -0.15) is 0 Å². The fourth-order valence-corrected chi connectivity index (χ4v) is 0.567. The van der Waals surface area contributed by atoms with Gasteiger partial charge in [0.1, 0.15) is 0 Å². The van der Waals surface area contributed by atoms with Gasteiger partial charge in [0.15, 0.2) is 0 Å². The molecule has 86 valence electrons. The van der Waals surface area contributed by atoms with Crippen molar-refractivity contribution in [3.8, 4) is 0 Å². The number of hydrogen-bond donors (Lipinski definition) is 0. The lowest BCUT2D eigenvalue weighted by molar-refractivity contribution is 0.137. The molecule has 6 nitrogen and oxygen atoms in total. The summed E-state index contributed by atoms with van der Waals surface area (Å²) in [5.41, 5.74) is 0. The molecule has 0 bridgehead atoms. The lowest BCUT2D eigenvalue weighted by Crippen LogP contribution is -2.06. The van der Waals surface area contributed by atoms with Crippen LogP contribution in [0.1, 0.15) is 27.2 Å². The third kappa shape index (κ3) is 8.86. The SMILES string of the molecule is CCCOC(=O)/N=N/C(=O)OCC(C)C. The van der Waals surface area contributed by atoms with Crippen molar-refractivity contribution >= 4 is 12.2 Å². The van der Waals surface area contributed by atoms with Gasteiger partial charge in [0, 0.05) is 0 Å². The van der Waals surface area contributed by atoms with Crippen molar-refractivity contribution in [3.05, 3.63) is 0 Å². The zero-order valence-corrected chi connectivity index (χ0v) is 9.23. The number of hydrogen-bond acceptors (Lipinski definition) is 4. The van der Waals surface area contributed by atoms with Gasteiger partial charge in [-0.05, 0) is 12.3 Å². The van der Waals surface area contributed by atoms with Crippen LogP contribution in [0.25, 0.3) is 0 Å². The van der Waals surface area contributed by atoms with Crippen LogP contribution in [-0.4, -0.2) is 25.4 Å². The highest BCUT2D eigenvalue weighted by atomic mass is 16.6. The lowest BCUT2D eigenvalue weighted by Gasteiger charge is -2.02. The summed E-state index contributed by atoms with van der Waals surface area (Å²) in [7, 11) is 0. The maximum atomic E-state index is 10.8. The van der Waals surface area contributed by atoms with E-state index in [2.05, 4.69) is 19.7 Å². The first-order valence-electron chi connectivity index (χ1n) is 4.81. The Morgan fingerprint density at radius 3 is 2.13 bits per heavy atom. The molecule has 0 saturated carbocycles. The van der Waals surface area contributed by atoms with Crippen LogP contribution in [0.15, 0.2) is 10.2 Å². The largest absolute Gasteiger partial charge is 0.452 e. The zero-order chi connectivity index (χ0) is 11.7. The third-order valence-electron chi connectivity index (χ3n) is 1.18. The average Bonchev–Trinajstić information content (AvgIpc) is 2.20. The molecule has 0 N–H and O–H groups in total. The Morgan fingerprint density at radius 1 is 1.13 bits per heavy atom. The summed E-state index contributed by atoms with van der Waals surface area (Å²) in [6.07, 6.45) is -1.06. The minimum absolute atomic E-state index is 0.219. The molecule has 0 aliphatic rings. The Balaban J connectivity index is 3.74. The molecule has 15 heavy (non-hydrogen) atoms. The minimum atomic E-state index is -0.878. The second-order valence-corrected chi connectivity index (χ2v) is 3.29. The van der Waals surface area contributed by atoms with E-state index in [-0.39, 0.29) is 19.1 Å².